The molecule has 0 saturated carbocycles. The standard InChI is InChI=1S/C13H16N4O2/c1-3-15-12-11(13(18)19-4-2)9-17(16-12)10-6-5-7-14-8-10/h5-9H,3-4H2,1-2H3,(H,15,16). The molecule has 1 N–H and O–H groups in total. The van der Waals surface area contributed by atoms with E-state index in [0.29, 0.717) is 24.5 Å². The minimum atomic E-state index is -0.381. The van der Waals surface area contributed by atoms with Gasteiger partial charge in [-0.05, 0) is 26.0 Å². The molecule has 0 bridgehead atoms. The van der Waals surface area contributed by atoms with Gasteiger partial charge in [-0.25, -0.2) is 9.48 Å². The molecule has 0 spiro atoms. The van der Waals surface area contributed by atoms with Crippen molar-refractivity contribution in [2.45, 2.75) is 13.8 Å². The van der Waals surface area contributed by atoms with E-state index in [9.17, 15) is 4.79 Å². The molecule has 2 aromatic rings. The highest BCUT2D eigenvalue weighted by Crippen LogP contribution is 2.17. The zero-order chi connectivity index (χ0) is 13.7. The highest BCUT2D eigenvalue weighted by atomic mass is 16.5. The van der Waals surface area contributed by atoms with Crippen molar-refractivity contribution >= 4 is 11.8 Å². The number of ether oxygens (including phenoxy) is 1. The summed E-state index contributed by atoms with van der Waals surface area (Å²) in [4.78, 5) is 15.9. The van der Waals surface area contributed by atoms with Crippen LogP contribution in [0.2, 0.25) is 0 Å². The second-order valence-corrected chi connectivity index (χ2v) is 3.80. The lowest BCUT2D eigenvalue weighted by atomic mass is 10.3. The Balaban J connectivity index is 2.37. The van der Waals surface area contributed by atoms with E-state index in [1.807, 2.05) is 19.1 Å². The number of hydrogen-bond acceptors (Lipinski definition) is 5. The van der Waals surface area contributed by atoms with Gasteiger partial charge in [0.05, 0.1) is 18.5 Å². The van der Waals surface area contributed by atoms with Crippen molar-refractivity contribution < 1.29 is 9.53 Å². The smallest absolute Gasteiger partial charge is 0.343 e. The van der Waals surface area contributed by atoms with Gasteiger partial charge >= 0.3 is 5.97 Å². The Morgan fingerprint density at radius 2 is 2.32 bits per heavy atom. The number of hydrogen-bond donors (Lipinski definition) is 1. The monoisotopic (exact) mass is 260 g/mol. The molecule has 0 radical (unpaired) electrons. The Kier molecular flexibility index (Phi) is 4.12. The van der Waals surface area contributed by atoms with E-state index >= 15 is 0 Å². The number of pyridine rings is 1. The Labute approximate surface area is 111 Å². The van der Waals surface area contributed by atoms with Gasteiger partial charge in [-0.15, -0.1) is 5.10 Å². The second kappa shape index (κ2) is 5.99. The summed E-state index contributed by atoms with van der Waals surface area (Å²) in [6, 6.07) is 3.68. The lowest BCUT2D eigenvalue weighted by molar-refractivity contribution is 0.0527. The van der Waals surface area contributed by atoms with E-state index in [1.54, 1.807) is 30.2 Å². The van der Waals surface area contributed by atoms with Crippen LogP contribution in [0.3, 0.4) is 0 Å². The number of nitrogens with zero attached hydrogens (tertiary/aromatic N) is 3. The van der Waals surface area contributed by atoms with E-state index in [2.05, 4.69) is 15.4 Å². The molecule has 0 unspecified atom stereocenters. The Hall–Kier alpha value is -2.37. The van der Waals surface area contributed by atoms with Crippen LogP contribution in [0, 0.1) is 0 Å². The van der Waals surface area contributed by atoms with Gasteiger partial charge in [0.1, 0.15) is 5.56 Å². The average molecular weight is 260 g/mol. The van der Waals surface area contributed by atoms with Crippen LogP contribution in [0.5, 0.6) is 0 Å². The number of nitrogens with one attached hydrogen (secondary N) is 1. The molecule has 0 amide bonds. The van der Waals surface area contributed by atoms with Crippen molar-refractivity contribution in [1.82, 2.24) is 14.8 Å². The van der Waals surface area contributed by atoms with Gasteiger partial charge in [0.15, 0.2) is 5.82 Å². The number of carbonyl (C=O) groups excluding carboxylic acids is 1. The highest BCUT2D eigenvalue weighted by molar-refractivity contribution is 5.94. The first-order chi connectivity index (χ1) is 9.26. The molecule has 0 aliphatic heterocycles. The van der Waals surface area contributed by atoms with Gasteiger partial charge in [-0.1, -0.05) is 0 Å². The van der Waals surface area contributed by atoms with Gasteiger partial charge < -0.3 is 10.1 Å². The average Bonchev–Trinajstić information content (AvgIpc) is 2.85. The van der Waals surface area contributed by atoms with Crippen LogP contribution in [0.4, 0.5) is 5.82 Å². The molecule has 6 heteroatoms. The summed E-state index contributed by atoms with van der Waals surface area (Å²) in [6.07, 6.45) is 5.01. The second-order valence-electron chi connectivity index (χ2n) is 3.80. The summed E-state index contributed by atoms with van der Waals surface area (Å²) < 4.78 is 6.62. The van der Waals surface area contributed by atoms with Crippen molar-refractivity contribution in [1.29, 1.82) is 0 Å². The number of aromatic nitrogens is 3. The Bertz CT molecular complexity index is 551. The molecule has 0 aromatic carbocycles. The fraction of sp³-hybridized carbons (Fsp3) is 0.308. The van der Waals surface area contributed by atoms with Gasteiger partial charge in [-0.2, -0.15) is 0 Å². The van der Waals surface area contributed by atoms with E-state index < -0.39 is 0 Å². The molecule has 2 heterocycles. The molecule has 0 fully saturated rings. The maximum Gasteiger partial charge on any atom is 0.343 e. The van der Waals surface area contributed by atoms with Crippen molar-refractivity contribution in [2.75, 3.05) is 18.5 Å². The van der Waals surface area contributed by atoms with Gasteiger partial charge in [0.25, 0.3) is 0 Å². The third-order valence-corrected chi connectivity index (χ3v) is 2.46. The highest BCUT2D eigenvalue weighted by Gasteiger charge is 2.17. The van der Waals surface area contributed by atoms with Crippen LogP contribution in [-0.4, -0.2) is 33.9 Å². The molecule has 0 aliphatic carbocycles. The fourth-order valence-electron chi connectivity index (χ4n) is 1.65. The molecule has 0 saturated heterocycles. The zero-order valence-corrected chi connectivity index (χ0v) is 11.0. The molecule has 0 aliphatic rings. The maximum atomic E-state index is 11.9. The van der Waals surface area contributed by atoms with Gasteiger partial charge in [0, 0.05) is 18.9 Å². The summed E-state index contributed by atoms with van der Waals surface area (Å²) in [5, 5.41) is 7.39. The first-order valence-electron chi connectivity index (χ1n) is 6.17. The third-order valence-electron chi connectivity index (χ3n) is 2.46. The van der Waals surface area contributed by atoms with Crippen molar-refractivity contribution in [3.8, 4) is 5.69 Å². The molecular weight excluding hydrogens is 244 g/mol. The van der Waals surface area contributed by atoms with E-state index in [4.69, 9.17) is 4.74 Å². The van der Waals surface area contributed by atoms with Crippen LogP contribution in [0.15, 0.2) is 30.7 Å². The van der Waals surface area contributed by atoms with Crippen molar-refractivity contribution in [3.05, 3.63) is 36.3 Å². The quantitative estimate of drug-likeness (QED) is 0.831. The molecule has 2 aromatic heterocycles. The topological polar surface area (TPSA) is 69.0 Å². The normalized spacial score (nSPS) is 10.2. The van der Waals surface area contributed by atoms with Crippen LogP contribution in [0.1, 0.15) is 24.2 Å². The van der Waals surface area contributed by atoms with Crippen LogP contribution >= 0.6 is 0 Å². The molecule has 6 nitrogen and oxygen atoms in total. The first-order valence-corrected chi connectivity index (χ1v) is 6.17. The van der Waals surface area contributed by atoms with E-state index in [1.165, 1.54) is 0 Å². The lowest BCUT2D eigenvalue weighted by Gasteiger charge is -2.02. The third kappa shape index (κ3) is 2.90. The predicted octanol–water partition coefficient (Wildman–Crippen LogP) is 1.88. The largest absolute Gasteiger partial charge is 0.462 e. The molecule has 19 heavy (non-hydrogen) atoms. The first kappa shape index (κ1) is 13.1. The summed E-state index contributed by atoms with van der Waals surface area (Å²) in [5.74, 6) is 0.137. The van der Waals surface area contributed by atoms with Gasteiger partial charge in [-0.3, -0.25) is 4.98 Å². The summed E-state index contributed by atoms with van der Waals surface area (Å²) in [6.45, 7) is 4.73. The number of esters is 1. The molecular formula is C13H16N4O2. The summed E-state index contributed by atoms with van der Waals surface area (Å²) in [7, 11) is 0. The SMILES string of the molecule is CCNc1nn(-c2cccnc2)cc1C(=O)OCC. The number of anilines is 1. The van der Waals surface area contributed by atoms with Gasteiger partial charge in [0.2, 0.25) is 0 Å². The predicted molar refractivity (Wildman–Crippen MR) is 71.5 cm³/mol. The number of rotatable bonds is 5. The minimum absolute atomic E-state index is 0.336. The molecule has 0 atom stereocenters. The van der Waals surface area contributed by atoms with Crippen molar-refractivity contribution in [3.63, 3.8) is 0 Å². The Morgan fingerprint density at radius 3 is 2.95 bits per heavy atom. The van der Waals surface area contributed by atoms with E-state index in [0.717, 1.165) is 5.69 Å². The Morgan fingerprint density at radius 1 is 1.47 bits per heavy atom. The van der Waals surface area contributed by atoms with Crippen LogP contribution in [0.25, 0.3) is 5.69 Å². The minimum Gasteiger partial charge on any atom is -0.462 e. The van der Waals surface area contributed by atoms with Crippen molar-refractivity contribution in [2.24, 2.45) is 0 Å². The summed E-state index contributed by atoms with van der Waals surface area (Å²) >= 11 is 0. The van der Waals surface area contributed by atoms with E-state index in [-0.39, 0.29) is 5.97 Å². The molecule has 100 valence electrons. The van der Waals surface area contributed by atoms with Crippen LogP contribution in [-0.2, 0) is 4.74 Å². The fourth-order valence-corrected chi connectivity index (χ4v) is 1.65. The summed E-state index contributed by atoms with van der Waals surface area (Å²) in [5.41, 5.74) is 1.21. The molecule has 2 rings (SSSR count). The zero-order valence-electron chi connectivity index (χ0n) is 11.0. The lowest BCUT2D eigenvalue weighted by Crippen LogP contribution is -2.08. The maximum absolute atomic E-state index is 11.9. The van der Waals surface area contributed by atoms with Crippen LogP contribution < -0.4 is 5.32 Å². The number of carbonyl (C=O) groups is 1.